The number of fused-ring (bicyclic) bond motifs is 1. The monoisotopic (exact) mass is 252 g/mol. The molecule has 0 aromatic rings. The minimum Gasteiger partial charge on any atom is -0.312 e. The maximum atomic E-state index is 11.7. The first-order valence-corrected chi connectivity index (χ1v) is 6.23. The highest BCUT2D eigenvalue weighted by Gasteiger charge is 2.32. The molecule has 0 aliphatic carbocycles. The number of alkyl halides is 3. The van der Waals surface area contributed by atoms with Gasteiger partial charge >= 0.3 is 6.36 Å². The van der Waals surface area contributed by atoms with E-state index >= 15 is 0 Å². The number of hydrogen-bond donors (Lipinski definition) is 1. The van der Waals surface area contributed by atoms with E-state index in [1.54, 1.807) is 0 Å². The van der Waals surface area contributed by atoms with Crippen LogP contribution in [0.2, 0.25) is 0 Å². The highest BCUT2D eigenvalue weighted by molar-refractivity contribution is 4.89. The van der Waals surface area contributed by atoms with Crippen LogP contribution in [-0.2, 0) is 4.74 Å². The highest BCUT2D eigenvalue weighted by atomic mass is 19.4. The van der Waals surface area contributed by atoms with Crippen LogP contribution in [0.25, 0.3) is 0 Å². The van der Waals surface area contributed by atoms with Crippen LogP contribution >= 0.6 is 0 Å². The Morgan fingerprint density at radius 3 is 2.82 bits per heavy atom. The third kappa shape index (κ3) is 4.12. The number of nitrogens with zero attached hydrogens (tertiary/aromatic N) is 1. The Morgan fingerprint density at radius 2 is 2.06 bits per heavy atom. The van der Waals surface area contributed by atoms with Crippen LogP contribution in [0, 0.1) is 0 Å². The van der Waals surface area contributed by atoms with Crippen molar-refractivity contribution in [1.29, 1.82) is 0 Å². The normalized spacial score (nSPS) is 30.5. The van der Waals surface area contributed by atoms with Gasteiger partial charge in [0, 0.05) is 18.6 Å². The summed E-state index contributed by atoms with van der Waals surface area (Å²) >= 11 is 0. The summed E-state index contributed by atoms with van der Waals surface area (Å²) in [5.74, 6) is 0. The lowest BCUT2D eigenvalue weighted by molar-refractivity contribution is -0.323. The first-order chi connectivity index (χ1) is 8.04. The molecule has 6 heteroatoms. The van der Waals surface area contributed by atoms with E-state index in [1.807, 2.05) is 0 Å². The van der Waals surface area contributed by atoms with Crippen LogP contribution in [0.4, 0.5) is 13.2 Å². The second-order valence-electron chi connectivity index (χ2n) is 4.80. The number of piperidine rings is 1. The van der Waals surface area contributed by atoms with Crippen LogP contribution < -0.4 is 5.32 Å². The molecule has 2 atom stereocenters. The second kappa shape index (κ2) is 5.54. The lowest BCUT2D eigenvalue weighted by Crippen LogP contribution is -2.46. The Hall–Kier alpha value is -0.330. The van der Waals surface area contributed by atoms with Gasteiger partial charge < -0.3 is 10.2 Å². The number of rotatable bonds is 4. The highest BCUT2D eigenvalue weighted by Crippen LogP contribution is 2.26. The van der Waals surface area contributed by atoms with E-state index in [0.717, 1.165) is 19.4 Å². The van der Waals surface area contributed by atoms with E-state index in [9.17, 15) is 13.2 Å². The quantitative estimate of drug-likeness (QED) is 0.771. The van der Waals surface area contributed by atoms with E-state index in [-0.39, 0.29) is 13.2 Å². The Labute approximate surface area is 99.3 Å². The summed E-state index contributed by atoms with van der Waals surface area (Å²) in [7, 11) is 0. The third-order valence-corrected chi connectivity index (χ3v) is 3.62. The molecule has 0 aromatic heterocycles. The van der Waals surface area contributed by atoms with Gasteiger partial charge in [0.1, 0.15) is 0 Å². The first kappa shape index (κ1) is 13.1. The fourth-order valence-electron chi connectivity index (χ4n) is 2.84. The van der Waals surface area contributed by atoms with E-state index in [4.69, 9.17) is 0 Å². The van der Waals surface area contributed by atoms with E-state index in [2.05, 4.69) is 15.0 Å². The zero-order valence-electron chi connectivity index (χ0n) is 9.80. The van der Waals surface area contributed by atoms with Crippen molar-refractivity contribution in [2.75, 3.05) is 26.2 Å². The van der Waals surface area contributed by atoms with Crippen molar-refractivity contribution in [3.63, 3.8) is 0 Å². The van der Waals surface area contributed by atoms with Crippen molar-refractivity contribution < 1.29 is 17.9 Å². The van der Waals surface area contributed by atoms with Gasteiger partial charge in [-0.2, -0.15) is 0 Å². The van der Waals surface area contributed by atoms with Crippen LogP contribution in [-0.4, -0.2) is 49.6 Å². The van der Waals surface area contributed by atoms with Crippen LogP contribution in [0.1, 0.15) is 25.7 Å². The fraction of sp³-hybridized carbons (Fsp3) is 1.00. The predicted octanol–water partition coefficient (Wildman–Crippen LogP) is 1.74. The molecule has 2 heterocycles. The third-order valence-electron chi connectivity index (χ3n) is 3.62. The molecule has 2 saturated heterocycles. The summed E-state index contributed by atoms with van der Waals surface area (Å²) in [4.78, 5) is 2.49. The molecule has 0 aromatic carbocycles. The zero-order valence-corrected chi connectivity index (χ0v) is 9.80. The van der Waals surface area contributed by atoms with Gasteiger partial charge in [-0.25, -0.2) is 0 Å². The molecule has 3 nitrogen and oxygen atoms in total. The van der Waals surface area contributed by atoms with Gasteiger partial charge in [-0.15, -0.1) is 13.2 Å². The maximum Gasteiger partial charge on any atom is 0.522 e. The molecule has 2 unspecified atom stereocenters. The predicted molar refractivity (Wildman–Crippen MR) is 57.6 cm³/mol. The molecule has 0 amide bonds. The lowest BCUT2D eigenvalue weighted by atomic mass is 9.98. The molecule has 2 aliphatic rings. The first-order valence-electron chi connectivity index (χ1n) is 6.23. The van der Waals surface area contributed by atoms with Crippen LogP contribution in [0.3, 0.4) is 0 Å². The molecule has 0 spiro atoms. The summed E-state index contributed by atoms with van der Waals surface area (Å²) in [5, 5.41) is 3.16. The van der Waals surface area contributed by atoms with Crippen molar-refractivity contribution in [2.24, 2.45) is 0 Å². The van der Waals surface area contributed by atoms with Crippen molar-refractivity contribution >= 4 is 0 Å². The van der Waals surface area contributed by atoms with Gasteiger partial charge in [0.05, 0.1) is 6.61 Å². The molecular formula is C11H19F3N2O. The molecule has 1 N–H and O–H groups in total. The number of ether oxygens (including phenoxy) is 1. The van der Waals surface area contributed by atoms with Crippen LogP contribution in [0.15, 0.2) is 0 Å². The van der Waals surface area contributed by atoms with Crippen molar-refractivity contribution in [2.45, 2.75) is 44.1 Å². The smallest absolute Gasteiger partial charge is 0.312 e. The summed E-state index contributed by atoms with van der Waals surface area (Å²) in [6, 6.07) is 0.996. The summed E-state index contributed by atoms with van der Waals surface area (Å²) in [6.45, 7) is 2.24. The SMILES string of the molecule is FC(F)(F)OCCNC1CCN2CCCC2C1. The van der Waals surface area contributed by atoms with Crippen LogP contribution in [0.5, 0.6) is 0 Å². The molecule has 2 fully saturated rings. The molecule has 0 saturated carbocycles. The van der Waals surface area contributed by atoms with Crippen molar-refractivity contribution in [1.82, 2.24) is 10.2 Å². The van der Waals surface area contributed by atoms with Gasteiger partial charge in [0.2, 0.25) is 0 Å². The average Bonchev–Trinajstić information content (AvgIpc) is 2.70. The zero-order chi connectivity index (χ0) is 12.3. The van der Waals surface area contributed by atoms with Crippen molar-refractivity contribution in [3.8, 4) is 0 Å². The minimum absolute atomic E-state index is 0.275. The minimum atomic E-state index is -4.50. The van der Waals surface area contributed by atoms with Gasteiger partial charge in [-0.1, -0.05) is 0 Å². The summed E-state index contributed by atoms with van der Waals surface area (Å²) in [6.07, 6.45) is 0.0802. The Morgan fingerprint density at radius 1 is 1.24 bits per heavy atom. The molecule has 2 rings (SSSR count). The second-order valence-corrected chi connectivity index (χ2v) is 4.80. The summed E-state index contributed by atoms with van der Waals surface area (Å²) in [5.41, 5.74) is 0. The topological polar surface area (TPSA) is 24.5 Å². The standard InChI is InChI=1S/C11H19F3N2O/c12-11(13,14)17-7-4-15-9-3-6-16-5-1-2-10(16)8-9/h9-10,15H,1-8H2. The number of halogens is 3. The molecule has 0 bridgehead atoms. The number of hydrogen-bond acceptors (Lipinski definition) is 3. The van der Waals surface area contributed by atoms with Gasteiger partial charge in [-0.05, 0) is 38.8 Å². The van der Waals surface area contributed by atoms with E-state index in [1.165, 1.54) is 19.4 Å². The molecule has 2 aliphatic heterocycles. The Balaban J connectivity index is 1.60. The number of nitrogens with one attached hydrogen (secondary N) is 1. The Kier molecular flexibility index (Phi) is 4.27. The van der Waals surface area contributed by atoms with E-state index < -0.39 is 6.36 Å². The fourth-order valence-corrected chi connectivity index (χ4v) is 2.84. The van der Waals surface area contributed by atoms with Gasteiger partial charge in [0.25, 0.3) is 0 Å². The largest absolute Gasteiger partial charge is 0.522 e. The van der Waals surface area contributed by atoms with E-state index in [0.29, 0.717) is 12.1 Å². The Bertz CT molecular complexity index is 247. The lowest BCUT2D eigenvalue weighted by Gasteiger charge is -2.35. The summed E-state index contributed by atoms with van der Waals surface area (Å²) < 4.78 is 39.0. The van der Waals surface area contributed by atoms with Gasteiger partial charge in [0.15, 0.2) is 0 Å². The molecule has 100 valence electrons. The average molecular weight is 252 g/mol. The van der Waals surface area contributed by atoms with Gasteiger partial charge in [-0.3, -0.25) is 4.74 Å². The van der Waals surface area contributed by atoms with Crippen molar-refractivity contribution in [3.05, 3.63) is 0 Å². The molecule has 0 radical (unpaired) electrons. The molecular weight excluding hydrogens is 233 g/mol. The maximum absolute atomic E-state index is 11.7. The molecule has 17 heavy (non-hydrogen) atoms.